The third-order valence-corrected chi connectivity index (χ3v) is 7.72. The van der Waals surface area contributed by atoms with E-state index in [9.17, 15) is 19.7 Å². The van der Waals surface area contributed by atoms with Gasteiger partial charge in [-0.3, -0.25) is 25.5 Å². The number of carbonyl (C=O) groups excluding carboxylic acids is 2. The zero-order valence-electron chi connectivity index (χ0n) is 28.1. The van der Waals surface area contributed by atoms with Crippen molar-refractivity contribution in [3.63, 3.8) is 0 Å². The maximum absolute atomic E-state index is 12.5. The predicted octanol–water partition coefficient (Wildman–Crippen LogP) is 4.39. The average molecular weight is 698 g/mol. The number of nitro groups is 1. The first-order valence-electron chi connectivity index (χ1n) is 16.1. The molecule has 0 radical (unpaired) electrons. The van der Waals surface area contributed by atoms with Gasteiger partial charge < -0.3 is 14.2 Å². The smallest absolute Gasteiger partial charge is 0.410 e. The molecule has 7 rings (SSSR count). The number of nitro benzene ring substituents is 1. The van der Waals surface area contributed by atoms with Gasteiger partial charge in [-0.2, -0.15) is 0 Å². The number of non-ortho nitro benzene ring substituents is 1. The van der Waals surface area contributed by atoms with Crippen molar-refractivity contribution in [1.82, 2.24) is 34.1 Å². The normalized spacial score (nSPS) is 14.6. The monoisotopic (exact) mass is 697 g/mol. The van der Waals surface area contributed by atoms with Crippen molar-refractivity contribution in [2.75, 3.05) is 59.7 Å². The molecule has 2 fully saturated rings. The van der Waals surface area contributed by atoms with E-state index in [4.69, 9.17) is 20.1 Å². The highest BCUT2D eigenvalue weighted by Gasteiger charge is 2.21. The van der Waals surface area contributed by atoms with Crippen molar-refractivity contribution in [3.8, 4) is 28.3 Å². The third kappa shape index (κ3) is 10.6. The molecule has 2 aliphatic heterocycles. The molecule has 266 valence electrons. The fourth-order valence-electron chi connectivity index (χ4n) is 4.87. The van der Waals surface area contributed by atoms with E-state index in [-0.39, 0.29) is 17.5 Å². The molecule has 0 spiro atoms. The van der Waals surface area contributed by atoms with E-state index in [1.807, 2.05) is 65.7 Å². The Kier molecular flexibility index (Phi) is 13.1. The molecular formula is C35H39N9O7. The van der Waals surface area contributed by atoms with Crippen LogP contribution < -0.4 is 10.6 Å². The van der Waals surface area contributed by atoms with E-state index in [0.717, 1.165) is 56.2 Å². The van der Waals surface area contributed by atoms with Gasteiger partial charge in [-0.25, -0.2) is 34.1 Å². The van der Waals surface area contributed by atoms with Gasteiger partial charge in [-0.15, -0.1) is 0 Å². The second kappa shape index (κ2) is 18.3. The zero-order valence-corrected chi connectivity index (χ0v) is 28.1. The van der Waals surface area contributed by atoms with Crippen LogP contribution >= 0.6 is 0 Å². The number of amides is 1. The molecule has 2 N–H and O–H groups in total. The summed E-state index contributed by atoms with van der Waals surface area (Å²) in [6.45, 7) is 6.07. The van der Waals surface area contributed by atoms with E-state index in [0.29, 0.717) is 18.9 Å². The lowest BCUT2D eigenvalue weighted by atomic mass is 10.2. The van der Waals surface area contributed by atoms with Crippen LogP contribution in [-0.4, -0.2) is 111 Å². The minimum atomic E-state index is -0.645. The Balaban J connectivity index is 0.000000167. The summed E-state index contributed by atoms with van der Waals surface area (Å²) in [5.41, 5.74) is 3.25. The van der Waals surface area contributed by atoms with E-state index in [2.05, 4.69) is 9.97 Å². The Morgan fingerprint density at radius 1 is 0.765 bits per heavy atom. The highest BCUT2D eigenvalue weighted by Crippen LogP contribution is 2.20. The summed E-state index contributed by atoms with van der Waals surface area (Å²) < 4.78 is 18.2. The number of imidazole rings is 2. The third-order valence-electron chi connectivity index (χ3n) is 7.72. The highest BCUT2D eigenvalue weighted by molar-refractivity contribution is 5.77. The zero-order chi connectivity index (χ0) is 36.0. The molecule has 1 amide bonds. The highest BCUT2D eigenvalue weighted by atomic mass is 16.6. The van der Waals surface area contributed by atoms with Crippen LogP contribution in [0, 0.1) is 10.1 Å². The van der Waals surface area contributed by atoms with Crippen LogP contribution in [0.1, 0.15) is 0 Å². The van der Waals surface area contributed by atoms with E-state index in [1.165, 1.54) is 39.7 Å². The van der Waals surface area contributed by atoms with Crippen LogP contribution in [0.5, 0.6) is 5.75 Å². The van der Waals surface area contributed by atoms with E-state index in [1.54, 1.807) is 35.8 Å². The number of aromatic nitrogens is 4. The lowest BCUT2D eigenvalue weighted by Gasteiger charge is -2.34. The van der Waals surface area contributed by atoms with Crippen molar-refractivity contribution < 1.29 is 28.7 Å². The quantitative estimate of drug-likeness (QED) is 0.156. The number of hydrogen-bond acceptors (Lipinski definition) is 12. The summed E-state index contributed by atoms with van der Waals surface area (Å²) >= 11 is 0. The number of rotatable bonds is 5. The van der Waals surface area contributed by atoms with Crippen LogP contribution in [0.2, 0.25) is 0 Å². The number of hydrogen-bond donors (Lipinski definition) is 1. The van der Waals surface area contributed by atoms with Crippen molar-refractivity contribution >= 4 is 17.8 Å². The summed E-state index contributed by atoms with van der Waals surface area (Å²) in [6, 6.07) is 24.4. The molecule has 0 atom stereocenters. The molecule has 2 saturated heterocycles. The number of carbonyl (C=O) groups is 2. The molecule has 2 aliphatic rings. The second-order valence-corrected chi connectivity index (χ2v) is 11.2. The first-order valence-corrected chi connectivity index (χ1v) is 16.1. The Labute approximate surface area is 294 Å². The number of benzene rings is 3. The minimum Gasteiger partial charge on any atom is -0.410 e. The molecule has 0 bridgehead atoms. The predicted molar refractivity (Wildman–Crippen MR) is 187 cm³/mol. The summed E-state index contributed by atoms with van der Waals surface area (Å²) in [5, 5.41) is 16.0. The fraction of sp³-hybridized carbons (Fsp3) is 0.257. The first kappa shape index (κ1) is 36.5. The topological polar surface area (TPSA) is 176 Å². The maximum Gasteiger partial charge on any atom is 0.424 e. The van der Waals surface area contributed by atoms with Crippen molar-refractivity contribution in [1.29, 1.82) is 0 Å². The number of hydrazine groups is 2. The van der Waals surface area contributed by atoms with Crippen LogP contribution in [0.15, 0.2) is 110 Å². The molecule has 16 heteroatoms. The fourth-order valence-corrected chi connectivity index (χ4v) is 4.87. The molecular weight excluding hydrogens is 658 g/mol. The first-order chi connectivity index (χ1) is 24.8. The largest absolute Gasteiger partial charge is 0.424 e. The molecule has 16 nitrogen and oxygen atoms in total. The van der Waals surface area contributed by atoms with Gasteiger partial charge in [0, 0.05) is 68.9 Å². The molecule has 0 saturated carbocycles. The van der Waals surface area contributed by atoms with Crippen LogP contribution in [0.3, 0.4) is 0 Å². The summed E-state index contributed by atoms with van der Waals surface area (Å²) in [6.07, 6.45) is 5.59. The van der Waals surface area contributed by atoms with E-state index < -0.39 is 11.0 Å². The molecule has 5 aromatic rings. The summed E-state index contributed by atoms with van der Waals surface area (Å²) in [7, 11) is 1.77. The van der Waals surface area contributed by atoms with Gasteiger partial charge in [0.25, 0.3) is 5.69 Å². The van der Waals surface area contributed by atoms with Crippen molar-refractivity contribution in [2.24, 2.45) is 5.84 Å². The summed E-state index contributed by atoms with van der Waals surface area (Å²) in [5.74, 6) is 5.61. The van der Waals surface area contributed by atoms with Crippen molar-refractivity contribution in [3.05, 3.63) is 120 Å². The lowest BCUT2D eigenvalue weighted by molar-refractivity contribution is -0.384. The number of nitrogens with zero attached hydrogens (tertiary/aromatic N) is 8. The average Bonchev–Trinajstić information content (AvgIpc) is 3.88. The minimum absolute atomic E-state index is 0.0706. The molecule has 2 aromatic heterocycles. The number of nitrogens with two attached hydrogens (primary N) is 1. The van der Waals surface area contributed by atoms with Crippen LogP contribution in [-0.2, 0) is 9.47 Å². The van der Waals surface area contributed by atoms with Gasteiger partial charge in [0.05, 0.1) is 42.7 Å². The molecule has 0 unspecified atom stereocenters. The van der Waals surface area contributed by atoms with Crippen LogP contribution in [0.4, 0.5) is 15.3 Å². The van der Waals surface area contributed by atoms with Gasteiger partial charge in [0.1, 0.15) is 18.4 Å². The van der Waals surface area contributed by atoms with Gasteiger partial charge in [0.15, 0.2) is 0 Å². The molecule has 4 heterocycles. The van der Waals surface area contributed by atoms with E-state index >= 15 is 0 Å². The Bertz CT molecular complexity index is 1840. The van der Waals surface area contributed by atoms with Gasteiger partial charge >= 0.3 is 12.1 Å². The second-order valence-electron chi connectivity index (χ2n) is 11.2. The van der Waals surface area contributed by atoms with Gasteiger partial charge in [-0.05, 0) is 12.1 Å². The van der Waals surface area contributed by atoms with Crippen LogP contribution in [0.25, 0.3) is 22.5 Å². The summed E-state index contributed by atoms with van der Waals surface area (Å²) in [4.78, 5) is 43.0. The molecule has 3 aromatic carbocycles. The van der Waals surface area contributed by atoms with Gasteiger partial charge in [-0.1, -0.05) is 60.7 Å². The lowest BCUT2D eigenvalue weighted by Crippen LogP contribution is -2.50. The van der Waals surface area contributed by atoms with Gasteiger partial charge in [0.2, 0.25) is 0 Å². The number of ether oxygens (including phenoxy) is 3. The Morgan fingerprint density at radius 2 is 1.25 bits per heavy atom. The SMILES string of the molecule is CN(C(=O)n1cnc(-c2ccccc2)c1)N1CCOCC1.NN1CCOCC1.O=C(Oc1ccc([N+](=O)[O-])cc1)n1cnc(-c2ccccc2)c1. The maximum atomic E-state index is 12.5. The Morgan fingerprint density at radius 3 is 1.75 bits per heavy atom. The Hall–Kier alpha value is -5.78. The molecule has 51 heavy (non-hydrogen) atoms. The standard InChI is InChI=1S/C16H11N3O4.C15H18N4O2.C4H10N2O/c20-16(23-14-8-6-13(7-9-14)19(21)22)18-10-15(17-11-18)12-4-2-1-3-5-12;1-17(19-7-9-21-10-8-19)15(20)18-11-14(16-12-18)13-5-3-2-4-6-13;5-6-1-3-7-4-2-6/h1-11H;2-6,11-12H,7-10H2,1H3;1-5H2. The van der Waals surface area contributed by atoms with Crippen molar-refractivity contribution in [2.45, 2.75) is 0 Å². The number of morpholine rings is 2. The molecule has 0 aliphatic carbocycles.